The Morgan fingerprint density at radius 3 is 2.52 bits per heavy atom. The van der Waals surface area contributed by atoms with Crippen LogP contribution >= 0.6 is 0 Å². The Morgan fingerprint density at radius 1 is 1.04 bits per heavy atom. The molecule has 1 aliphatic carbocycles. The summed E-state index contributed by atoms with van der Waals surface area (Å²) >= 11 is 0. The quantitative estimate of drug-likeness (QED) is 0.256. The molecule has 3 aliphatic rings. The van der Waals surface area contributed by atoms with E-state index in [-0.39, 0.29) is 24.6 Å². The molecule has 2 N–H and O–H groups in total. The van der Waals surface area contributed by atoms with Gasteiger partial charge < -0.3 is 39.2 Å². The number of rotatable bonds is 6. The molecule has 3 heterocycles. The van der Waals surface area contributed by atoms with Crippen LogP contribution in [0.2, 0.25) is 0 Å². The summed E-state index contributed by atoms with van der Waals surface area (Å²) < 4.78 is 27.3. The molecule has 14 nitrogen and oxygen atoms in total. The molecule has 2 fully saturated rings. The normalized spacial score (nSPS) is 25.6. The van der Waals surface area contributed by atoms with Gasteiger partial charge in [0, 0.05) is 29.9 Å². The van der Waals surface area contributed by atoms with Crippen molar-refractivity contribution in [3.63, 3.8) is 0 Å². The number of hydrogen-bond donors (Lipinski definition) is 2. The summed E-state index contributed by atoms with van der Waals surface area (Å²) in [6.07, 6.45) is 6.28. The minimum Gasteiger partial charge on any atom is -0.497 e. The Morgan fingerprint density at radius 2 is 1.82 bits per heavy atom. The van der Waals surface area contributed by atoms with Gasteiger partial charge in [-0.15, -0.1) is 0 Å². The maximum absolute atomic E-state index is 14.4. The number of hydrogen-bond acceptors (Lipinski definition) is 11. The van der Waals surface area contributed by atoms with Crippen LogP contribution in [-0.2, 0) is 28.6 Å². The average Bonchev–Trinajstić information content (AvgIpc) is 3.60. The molecule has 1 unspecified atom stereocenters. The van der Waals surface area contributed by atoms with E-state index in [0.29, 0.717) is 41.7 Å². The van der Waals surface area contributed by atoms with Crippen LogP contribution in [-0.4, -0.2) is 96.9 Å². The molecule has 0 spiro atoms. The molecule has 0 radical (unpaired) electrons. The van der Waals surface area contributed by atoms with Gasteiger partial charge in [-0.2, -0.15) is 0 Å². The first-order valence-corrected chi connectivity index (χ1v) is 16.9. The zero-order valence-electron chi connectivity index (χ0n) is 29.4. The van der Waals surface area contributed by atoms with Crippen molar-refractivity contribution in [2.75, 3.05) is 27.9 Å². The molecule has 1 saturated heterocycles. The van der Waals surface area contributed by atoms with Crippen molar-refractivity contribution in [1.29, 1.82) is 0 Å². The maximum atomic E-state index is 14.4. The van der Waals surface area contributed by atoms with Crippen molar-refractivity contribution in [2.24, 2.45) is 5.92 Å². The highest BCUT2D eigenvalue weighted by atomic mass is 16.6. The average molecular weight is 695 g/mol. The van der Waals surface area contributed by atoms with Gasteiger partial charge in [-0.1, -0.05) is 25.0 Å². The van der Waals surface area contributed by atoms with Gasteiger partial charge in [0.05, 0.1) is 33.4 Å². The van der Waals surface area contributed by atoms with Gasteiger partial charge in [-0.25, -0.2) is 19.4 Å². The van der Waals surface area contributed by atoms with Crippen molar-refractivity contribution < 1.29 is 47.7 Å². The van der Waals surface area contributed by atoms with Gasteiger partial charge in [0.1, 0.15) is 40.8 Å². The molecule has 1 aromatic carbocycles. The van der Waals surface area contributed by atoms with Crippen molar-refractivity contribution in [3.8, 4) is 11.5 Å². The molecule has 1 aromatic heterocycles. The van der Waals surface area contributed by atoms with Crippen LogP contribution in [0.5, 0.6) is 11.5 Å². The van der Waals surface area contributed by atoms with E-state index < -0.39 is 59.2 Å². The van der Waals surface area contributed by atoms with Crippen LogP contribution in [0.3, 0.4) is 0 Å². The zero-order chi connectivity index (χ0) is 36.2. The number of fused-ring (bicyclic) bond motifs is 3. The largest absolute Gasteiger partial charge is 0.497 e. The first-order chi connectivity index (χ1) is 23.8. The van der Waals surface area contributed by atoms with E-state index in [9.17, 15) is 24.0 Å². The van der Waals surface area contributed by atoms with Gasteiger partial charge in [0.15, 0.2) is 5.69 Å². The summed E-state index contributed by atoms with van der Waals surface area (Å²) in [5, 5.41) is 6.22. The van der Waals surface area contributed by atoms with Gasteiger partial charge in [0.25, 0.3) is 0 Å². The molecule has 2 aromatic rings. The van der Waals surface area contributed by atoms with Gasteiger partial charge in [-0.05, 0) is 58.6 Å². The van der Waals surface area contributed by atoms with Crippen LogP contribution < -0.4 is 20.1 Å². The minimum atomic E-state index is -1.25. The van der Waals surface area contributed by atoms with Crippen LogP contribution in [0.25, 0.3) is 10.9 Å². The monoisotopic (exact) mass is 694 g/mol. The van der Waals surface area contributed by atoms with Crippen LogP contribution in [0, 0.1) is 5.92 Å². The third-order valence-corrected chi connectivity index (χ3v) is 9.15. The number of carbonyl (C=O) groups is 5. The number of carbonyl (C=O) groups excluding carboxylic acids is 5. The zero-order valence-corrected chi connectivity index (χ0v) is 29.4. The number of ether oxygens (including phenoxy) is 5. The summed E-state index contributed by atoms with van der Waals surface area (Å²) in [6.45, 7) is 5.17. The van der Waals surface area contributed by atoms with Gasteiger partial charge >= 0.3 is 18.0 Å². The lowest BCUT2D eigenvalue weighted by molar-refractivity contribution is -0.148. The van der Waals surface area contributed by atoms with E-state index in [1.165, 1.54) is 32.3 Å². The van der Waals surface area contributed by atoms with E-state index in [4.69, 9.17) is 23.7 Å². The lowest BCUT2D eigenvalue weighted by Crippen LogP contribution is -2.56. The summed E-state index contributed by atoms with van der Waals surface area (Å²) in [7, 11) is 4.03. The van der Waals surface area contributed by atoms with Crippen molar-refractivity contribution >= 4 is 40.7 Å². The molecule has 5 atom stereocenters. The third kappa shape index (κ3) is 8.11. The number of nitrogens with one attached hydrogen (secondary N) is 2. The van der Waals surface area contributed by atoms with E-state index in [1.807, 2.05) is 12.2 Å². The highest BCUT2D eigenvalue weighted by Crippen LogP contribution is 2.46. The summed E-state index contributed by atoms with van der Waals surface area (Å²) in [5.74, 6) is -1.70. The molecule has 14 heteroatoms. The first kappa shape index (κ1) is 36.4. The van der Waals surface area contributed by atoms with E-state index >= 15 is 0 Å². The van der Waals surface area contributed by atoms with Gasteiger partial charge in [0.2, 0.25) is 11.8 Å². The number of aromatic nitrogens is 1. The van der Waals surface area contributed by atoms with E-state index in [2.05, 4.69) is 15.6 Å². The molecule has 1 saturated carbocycles. The van der Waals surface area contributed by atoms with Crippen LogP contribution in [0.4, 0.5) is 4.79 Å². The lowest BCUT2D eigenvalue weighted by Gasteiger charge is -2.30. The standard InChI is InChI=1S/C36H46N4O10/c1-35(2,3)50-34(45)38-25-13-11-9-7-8-10-12-21-19-36(21,33(44)48-6)39-30(41)28-17-23(20-40(28)31(25)42)49-29-18-27(32(43)47-5)37-26-16-22(46-4)14-15-24(26)29/h10,12,14-16,18,21,23,25,28H,7-9,11,13,17,19-20H2,1-6H3,(H,38,45)(H,39,41)/t21?,23-,25+,28+,36-/m1/s1. The fourth-order valence-corrected chi connectivity index (χ4v) is 6.55. The van der Waals surface area contributed by atoms with Crippen molar-refractivity contribution in [3.05, 3.63) is 42.1 Å². The van der Waals surface area contributed by atoms with Crippen molar-refractivity contribution in [1.82, 2.24) is 20.5 Å². The summed E-state index contributed by atoms with van der Waals surface area (Å²) in [4.78, 5) is 72.8. The second-order valence-corrected chi connectivity index (χ2v) is 13.9. The molecule has 2 aliphatic heterocycles. The molecule has 270 valence electrons. The fraction of sp³-hybridized carbons (Fsp3) is 0.556. The molecule has 3 amide bonds. The van der Waals surface area contributed by atoms with Gasteiger partial charge in [-0.3, -0.25) is 9.59 Å². The summed E-state index contributed by atoms with van der Waals surface area (Å²) in [5.41, 5.74) is -1.63. The Labute approximate surface area is 291 Å². The number of amides is 3. The molecule has 5 rings (SSSR count). The Balaban J connectivity index is 1.50. The number of pyridine rings is 1. The molecular weight excluding hydrogens is 648 g/mol. The molecule has 0 bridgehead atoms. The number of nitrogens with zero attached hydrogens (tertiary/aromatic N) is 2. The van der Waals surface area contributed by atoms with E-state index in [1.54, 1.807) is 39.0 Å². The Kier molecular flexibility index (Phi) is 10.9. The maximum Gasteiger partial charge on any atom is 0.408 e. The predicted octanol–water partition coefficient (Wildman–Crippen LogP) is 3.84. The topological polar surface area (TPSA) is 172 Å². The highest BCUT2D eigenvalue weighted by Gasteiger charge is 2.62. The minimum absolute atomic E-state index is 0.000565. The van der Waals surface area contributed by atoms with Crippen LogP contribution in [0.1, 0.15) is 76.2 Å². The summed E-state index contributed by atoms with van der Waals surface area (Å²) in [6, 6.07) is 4.54. The predicted molar refractivity (Wildman–Crippen MR) is 181 cm³/mol. The smallest absolute Gasteiger partial charge is 0.408 e. The fourth-order valence-electron chi connectivity index (χ4n) is 6.55. The first-order valence-electron chi connectivity index (χ1n) is 16.9. The number of methoxy groups -OCH3 is 3. The SMILES string of the molecule is COC(=O)c1cc(O[C@@H]2C[C@H]3C(=O)N[C@]4(C(=O)OC)CC4C=CCCCCC[C@H](NC(=O)OC(C)(C)C)C(=O)N3C2)c2ccc(OC)cc2n1. The lowest BCUT2D eigenvalue weighted by atomic mass is 10.0. The van der Waals surface area contributed by atoms with Crippen molar-refractivity contribution in [2.45, 2.75) is 95.0 Å². The highest BCUT2D eigenvalue weighted by molar-refractivity contribution is 5.97. The Hall–Kier alpha value is -4.88. The van der Waals surface area contributed by atoms with Crippen LogP contribution in [0.15, 0.2) is 36.4 Å². The number of alkyl carbamates (subject to hydrolysis) is 1. The Bertz CT molecular complexity index is 1670. The molecular formula is C36H46N4O10. The number of allylic oxidation sites excluding steroid dienone is 1. The molecule has 50 heavy (non-hydrogen) atoms. The second-order valence-electron chi connectivity index (χ2n) is 13.9. The number of benzene rings is 1. The number of esters is 2. The third-order valence-electron chi connectivity index (χ3n) is 9.15. The van der Waals surface area contributed by atoms with E-state index in [0.717, 1.165) is 19.3 Å². The second kappa shape index (κ2) is 14.9.